The molecule has 6 nitrogen and oxygen atoms in total. The van der Waals surface area contributed by atoms with E-state index < -0.39 is 9.84 Å². The minimum Gasteiger partial charge on any atom is -0.493 e. The van der Waals surface area contributed by atoms with Gasteiger partial charge in [0.15, 0.2) is 11.5 Å². The van der Waals surface area contributed by atoms with Gasteiger partial charge < -0.3 is 15.2 Å². The third-order valence-electron chi connectivity index (χ3n) is 4.20. The predicted octanol–water partition coefficient (Wildman–Crippen LogP) is 3.05. The van der Waals surface area contributed by atoms with Gasteiger partial charge in [-0.15, -0.1) is 0 Å². The lowest BCUT2D eigenvalue weighted by molar-refractivity contribution is -0.119. The Labute approximate surface area is 157 Å². The van der Waals surface area contributed by atoms with E-state index in [1.807, 2.05) is 6.07 Å². The molecule has 2 N–H and O–H groups in total. The molecule has 0 saturated heterocycles. The van der Waals surface area contributed by atoms with Crippen molar-refractivity contribution < 1.29 is 22.7 Å². The van der Waals surface area contributed by atoms with Crippen molar-refractivity contribution in [2.24, 2.45) is 5.73 Å². The third-order valence-corrected chi connectivity index (χ3v) is 5.23. The van der Waals surface area contributed by atoms with Crippen LogP contribution in [-0.2, 0) is 14.6 Å². The van der Waals surface area contributed by atoms with Crippen LogP contribution in [0.4, 0.5) is 0 Å². The van der Waals surface area contributed by atoms with Gasteiger partial charge in [-0.05, 0) is 30.5 Å². The summed E-state index contributed by atoms with van der Waals surface area (Å²) in [4.78, 5) is 11.9. The first-order valence-corrected chi connectivity index (χ1v) is 11.1. The Morgan fingerprint density at radius 2 is 1.88 bits per heavy atom. The number of benzene rings is 1. The number of rotatable bonds is 13. The molecule has 0 saturated carbocycles. The summed E-state index contributed by atoms with van der Waals surface area (Å²) >= 11 is 0. The highest BCUT2D eigenvalue weighted by atomic mass is 32.2. The van der Waals surface area contributed by atoms with E-state index in [0.717, 1.165) is 31.2 Å². The number of hydrogen-bond donors (Lipinski definition) is 1. The number of nitrogens with two attached hydrogens (primary N) is 1. The van der Waals surface area contributed by atoms with Crippen LogP contribution < -0.4 is 15.2 Å². The summed E-state index contributed by atoms with van der Waals surface area (Å²) < 4.78 is 33.4. The molecular formula is C19H31NO5S. The fourth-order valence-corrected chi connectivity index (χ4v) is 3.42. The standard InChI is InChI=1S/C19H31NO5S/c1-4-5-6-7-9-16(19(20)21)15-10-11-17(24-2)18(14-15)25-12-8-13-26(3,22)23/h10-11,14,16H,4-9,12-13H2,1-3H3,(H2,20,21). The van der Waals surface area contributed by atoms with Gasteiger partial charge in [-0.25, -0.2) is 8.42 Å². The van der Waals surface area contributed by atoms with Gasteiger partial charge >= 0.3 is 0 Å². The molecule has 148 valence electrons. The van der Waals surface area contributed by atoms with Gasteiger partial charge in [-0.2, -0.15) is 0 Å². The Bertz CT molecular complexity index is 673. The van der Waals surface area contributed by atoms with Crippen molar-refractivity contribution in [2.45, 2.75) is 51.4 Å². The van der Waals surface area contributed by atoms with E-state index in [1.54, 1.807) is 12.1 Å². The van der Waals surface area contributed by atoms with Gasteiger partial charge in [0.05, 0.1) is 25.4 Å². The summed E-state index contributed by atoms with van der Waals surface area (Å²) in [6.07, 6.45) is 6.59. The van der Waals surface area contributed by atoms with Crippen LogP contribution in [0.2, 0.25) is 0 Å². The number of carbonyl (C=O) groups is 1. The zero-order valence-electron chi connectivity index (χ0n) is 16.0. The maximum absolute atomic E-state index is 11.9. The maximum atomic E-state index is 11.9. The molecule has 1 atom stereocenters. The number of amides is 1. The molecule has 1 rings (SSSR count). The van der Waals surface area contributed by atoms with Crippen LogP contribution in [0.25, 0.3) is 0 Å². The fraction of sp³-hybridized carbons (Fsp3) is 0.632. The Morgan fingerprint density at radius 1 is 1.15 bits per heavy atom. The molecule has 1 aromatic carbocycles. The van der Waals surface area contributed by atoms with E-state index >= 15 is 0 Å². The molecule has 0 aromatic heterocycles. The highest BCUT2D eigenvalue weighted by Gasteiger charge is 2.19. The van der Waals surface area contributed by atoms with Crippen LogP contribution in [0.3, 0.4) is 0 Å². The molecule has 0 bridgehead atoms. The van der Waals surface area contributed by atoms with Crippen LogP contribution in [0, 0.1) is 0 Å². The summed E-state index contributed by atoms with van der Waals surface area (Å²) in [7, 11) is -1.48. The molecule has 7 heteroatoms. The molecule has 0 heterocycles. The average molecular weight is 386 g/mol. The zero-order valence-corrected chi connectivity index (χ0v) is 16.8. The number of unbranched alkanes of at least 4 members (excludes halogenated alkanes) is 3. The Hall–Kier alpha value is -1.76. The van der Waals surface area contributed by atoms with Gasteiger partial charge in [0.25, 0.3) is 0 Å². The highest BCUT2D eigenvalue weighted by molar-refractivity contribution is 7.90. The number of hydrogen-bond acceptors (Lipinski definition) is 5. The topological polar surface area (TPSA) is 95.7 Å². The number of primary amides is 1. The lowest BCUT2D eigenvalue weighted by Gasteiger charge is -2.17. The second kappa shape index (κ2) is 11.1. The van der Waals surface area contributed by atoms with E-state index in [2.05, 4.69) is 6.92 Å². The first-order valence-electron chi connectivity index (χ1n) is 9.06. The van der Waals surface area contributed by atoms with E-state index in [1.165, 1.54) is 13.4 Å². The third kappa shape index (κ3) is 8.08. The number of methoxy groups -OCH3 is 1. The van der Waals surface area contributed by atoms with Crippen LogP contribution >= 0.6 is 0 Å². The van der Waals surface area contributed by atoms with E-state index in [-0.39, 0.29) is 24.2 Å². The maximum Gasteiger partial charge on any atom is 0.224 e. The van der Waals surface area contributed by atoms with Gasteiger partial charge in [0, 0.05) is 6.26 Å². The molecule has 26 heavy (non-hydrogen) atoms. The molecule has 0 fully saturated rings. The SMILES string of the molecule is CCCCCCC(C(N)=O)c1ccc(OC)c(OCCCS(C)(=O)=O)c1. The van der Waals surface area contributed by atoms with Crippen molar-refractivity contribution in [3.63, 3.8) is 0 Å². The van der Waals surface area contributed by atoms with Crippen LogP contribution in [0.15, 0.2) is 18.2 Å². The zero-order chi connectivity index (χ0) is 19.6. The predicted molar refractivity (Wildman–Crippen MR) is 104 cm³/mol. The summed E-state index contributed by atoms with van der Waals surface area (Å²) in [5.74, 6) is 0.391. The summed E-state index contributed by atoms with van der Waals surface area (Å²) in [5.41, 5.74) is 6.39. The van der Waals surface area contributed by atoms with Crippen molar-refractivity contribution in [3.05, 3.63) is 23.8 Å². The van der Waals surface area contributed by atoms with Crippen molar-refractivity contribution in [1.82, 2.24) is 0 Å². The smallest absolute Gasteiger partial charge is 0.224 e. The largest absolute Gasteiger partial charge is 0.493 e. The Morgan fingerprint density at radius 3 is 2.46 bits per heavy atom. The van der Waals surface area contributed by atoms with E-state index in [4.69, 9.17) is 15.2 Å². The minimum absolute atomic E-state index is 0.0658. The molecule has 0 spiro atoms. The summed E-state index contributed by atoms with van der Waals surface area (Å²) in [5, 5.41) is 0. The molecule has 1 aromatic rings. The van der Waals surface area contributed by atoms with Gasteiger partial charge in [-0.1, -0.05) is 38.7 Å². The molecular weight excluding hydrogens is 354 g/mol. The highest BCUT2D eigenvalue weighted by Crippen LogP contribution is 2.33. The normalized spacial score (nSPS) is 12.6. The molecule has 1 amide bonds. The van der Waals surface area contributed by atoms with Crippen LogP contribution in [-0.4, -0.2) is 40.1 Å². The summed E-state index contributed by atoms with van der Waals surface area (Å²) in [6, 6.07) is 5.36. The number of sulfone groups is 1. The second-order valence-electron chi connectivity index (χ2n) is 6.55. The van der Waals surface area contributed by atoms with Crippen LogP contribution in [0.1, 0.15) is 56.9 Å². The van der Waals surface area contributed by atoms with Crippen molar-refractivity contribution in [2.75, 3.05) is 25.7 Å². The van der Waals surface area contributed by atoms with E-state index in [9.17, 15) is 13.2 Å². The molecule has 0 radical (unpaired) electrons. The fourth-order valence-electron chi connectivity index (χ4n) is 2.77. The second-order valence-corrected chi connectivity index (χ2v) is 8.81. The quantitative estimate of drug-likeness (QED) is 0.527. The molecule has 0 aliphatic carbocycles. The van der Waals surface area contributed by atoms with E-state index in [0.29, 0.717) is 24.3 Å². The summed E-state index contributed by atoms with van der Waals surface area (Å²) in [6.45, 7) is 2.40. The van der Waals surface area contributed by atoms with Gasteiger partial charge in [0.1, 0.15) is 9.84 Å². The first kappa shape index (κ1) is 22.3. The molecule has 1 unspecified atom stereocenters. The average Bonchev–Trinajstić information content (AvgIpc) is 2.57. The lowest BCUT2D eigenvalue weighted by atomic mass is 9.92. The monoisotopic (exact) mass is 385 g/mol. The van der Waals surface area contributed by atoms with Crippen molar-refractivity contribution in [1.29, 1.82) is 0 Å². The lowest BCUT2D eigenvalue weighted by Crippen LogP contribution is -2.21. The molecule has 0 aliphatic heterocycles. The number of ether oxygens (including phenoxy) is 2. The van der Waals surface area contributed by atoms with Gasteiger partial charge in [0.2, 0.25) is 5.91 Å². The number of carbonyl (C=O) groups excluding carboxylic acids is 1. The van der Waals surface area contributed by atoms with Crippen LogP contribution in [0.5, 0.6) is 11.5 Å². The van der Waals surface area contributed by atoms with Crippen molar-refractivity contribution >= 4 is 15.7 Å². The first-order chi connectivity index (χ1) is 12.3. The molecule has 0 aliphatic rings. The van der Waals surface area contributed by atoms with Crippen molar-refractivity contribution in [3.8, 4) is 11.5 Å². The Kier molecular flexibility index (Phi) is 9.48. The van der Waals surface area contributed by atoms with Gasteiger partial charge in [-0.3, -0.25) is 4.79 Å². The minimum atomic E-state index is -3.01. The Balaban J connectivity index is 2.82.